The normalized spacial score (nSPS) is 11.2. The Morgan fingerprint density at radius 2 is 1.73 bits per heavy atom. The molecule has 0 heterocycles. The largest absolute Gasteiger partial charge is 0.462 e. The van der Waals surface area contributed by atoms with E-state index in [9.17, 15) is 4.79 Å². The first kappa shape index (κ1) is 19.7. The predicted molar refractivity (Wildman–Crippen MR) is 107 cm³/mol. The van der Waals surface area contributed by atoms with Crippen LogP contribution < -0.4 is 5.32 Å². The van der Waals surface area contributed by atoms with Crippen molar-refractivity contribution in [2.45, 2.75) is 39.5 Å². The van der Waals surface area contributed by atoms with Gasteiger partial charge in [0.2, 0.25) is 6.34 Å². The highest BCUT2D eigenvalue weighted by Crippen LogP contribution is 2.13. The molecule has 2 aromatic carbocycles. The first-order chi connectivity index (χ1) is 12.7. The van der Waals surface area contributed by atoms with Crippen LogP contribution in [-0.4, -0.2) is 30.0 Å². The number of ether oxygens (including phenoxy) is 1. The third-order valence-electron chi connectivity index (χ3n) is 4.12. The van der Waals surface area contributed by atoms with Gasteiger partial charge in [-0.25, -0.2) is 14.7 Å². The molecular weight excluding hydrogens is 324 g/mol. The molecule has 0 fully saturated rings. The summed E-state index contributed by atoms with van der Waals surface area (Å²) in [5, 5.41) is 3.33. The molecule has 0 aliphatic heterocycles. The minimum atomic E-state index is -0.287. The average Bonchev–Trinajstić information content (AvgIpc) is 2.69. The number of benzene rings is 2. The van der Waals surface area contributed by atoms with E-state index in [0.29, 0.717) is 12.2 Å². The Bertz CT molecular complexity index is 694. The third kappa shape index (κ3) is 6.36. The van der Waals surface area contributed by atoms with Gasteiger partial charge in [0.15, 0.2) is 0 Å². The lowest BCUT2D eigenvalue weighted by molar-refractivity contribution is -0.436. The second-order valence-corrected chi connectivity index (χ2v) is 6.16. The van der Waals surface area contributed by atoms with Crippen LogP contribution in [0.4, 0.5) is 11.4 Å². The first-order valence-corrected chi connectivity index (χ1v) is 9.43. The Morgan fingerprint density at radius 1 is 1.00 bits per heavy atom. The number of rotatable bonds is 10. The topological polar surface area (TPSA) is 41.3 Å². The molecule has 0 atom stereocenters. The summed E-state index contributed by atoms with van der Waals surface area (Å²) in [4.78, 5) is 11.7. The minimum absolute atomic E-state index is 0.287. The summed E-state index contributed by atoms with van der Waals surface area (Å²) in [7, 11) is 0. The van der Waals surface area contributed by atoms with Crippen molar-refractivity contribution in [3.8, 4) is 0 Å². The van der Waals surface area contributed by atoms with E-state index in [-0.39, 0.29) is 5.97 Å². The van der Waals surface area contributed by atoms with E-state index in [2.05, 4.69) is 41.1 Å². The molecule has 0 saturated carbocycles. The molecule has 0 aromatic heterocycles. The van der Waals surface area contributed by atoms with E-state index in [1.165, 1.54) is 24.9 Å². The van der Waals surface area contributed by atoms with Crippen molar-refractivity contribution in [1.29, 1.82) is 0 Å². The number of hydrogen-bond acceptors (Lipinski definition) is 2. The molecule has 2 aromatic rings. The Balaban J connectivity index is 2.05. The summed E-state index contributed by atoms with van der Waals surface area (Å²) in [6, 6.07) is 17.7. The third-order valence-corrected chi connectivity index (χ3v) is 4.12. The van der Waals surface area contributed by atoms with Crippen LogP contribution in [0.2, 0.25) is 0 Å². The number of para-hydroxylation sites is 1. The number of unbranched alkanes of at least 4 members (excludes halogenated alkanes) is 3. The lowest BCUT2D eigenvalue weighted by Gasteiger charge is -2.07. The number of carbonyl (C=O) groups excluding carboxylic acids is 1. The van der Waals surface area contributed by atoms with Crippen molar-refractivity contribution in [3.63, 3.8) is 0 Å². The molecule has 0 amide bonds. The Morgan fingerprint density at radius 3 is 2.38 bits per heavy atom. The van der Waals surface area contributed by atoms with Gasteiger partial charge in [-0.3, -0.25) is 0 Å². The summed E-state index contributed by atoms with van der Waals surface area (Å²) in [5.74, 6) is -0.287. The highest BCUT2D eigenvalue weighted by atomic mass is 16.5. The van der Waals surface area contributed by atoms with Crippen molar-refractivity contribution < 1.29 is 14.1 Å². The smallest absolute Gasteiger partial charge is 0.338 e. The number of nitrogens with one attached hydrogen (secondary N) is 1. The molecule has 0 bridgehead atoms. The van der Waals surface area contributed by atoms with Crippen LogP contribution in [0.3, 0.4) is 0 Å². The molecule has 0 unspecified atom stereocenters. The van der Waals surface area contributed by atoms with Crippen molar-refractivity contribution >= 4 is 23.7 Å². The average molecular weight is 353 g/mol. The molecule has 0 spiro atoms. The van der Waals surface area contributed by atoms with Gasteiger partial charge < -0.3 is 4.74 Å². The van der Waals surface area contributed by atoms with Crippen molar-refractivity contribution in [2.75, 3.05) is 18.5 Å². The van der Waals surface area contributed by atoms with Crippen molar-refractivity contribution in [2.24, 2.45) is 0 Å². The molecule has 2 rings (SSSR count). The van der Waals surface area contributed by atoms with E-state index in [1.54, 1.807) is 12.1 Å². The number of carbonyl (C=O) groups is 1. The van der Waals surface area contributed by atoms with Crippen LogP contribution >= 0.6 is 0 Å². The standard InChI is InChI=1S/C22H28N2O2/c1-3-5-6-10-17-24(21-11-8-7-9-12-21)18-23-20-15-13-19(14-16-20)22(25)26-4-2/h7-9,11-16,18H,3-6,10,17H2,1-2H3/p+1. The van der Waals surface area contributed by atoms with Crippen LogP contribution in [0.25, 0.3) is 0 Å². The fourth-order valence-electron chi connectivity index (χ4n) is 2.67. The van der Waals surface area contributed by atoms with Crippen LogP contribution in [0.1, 0.15) is 49.9 Å². The summed E-state index contributed by atoms with van der Waals surface area (Å²) >= 11 is 0. The molecule has 0 saturated heterocycles. The number of hydrogen-bond donors (Lipinski definition) is 1. The van der Waals surface area contributed by atoms with Crippen LogP contribution in [0, 0.1) is 0 Å². The highest BCUT2D eigenvalue weighted by molar-refractivity contribution is 5.90. The first-order valence-electron chi connectivity index (χ1n) is 9.43. The summed E-state index contributed by atoms with van der Waals surface area (Å²) < 4.78 is 7.24. The lowest BCUT2D eigenvalue weighted by Crippen LogP contribution is -2.14. The predicted octanol–water partition coefficient (Wildman–Crippen LogP) is 5.23. The van der Waals surface area contributed by atoms with Gasteiger partial charge in [-0.05, 0) is 56.2 Å². The van der Waals surface area contributed by atoms with E-state index < -0.39 is 0 Å². The number of nitrogens with zero attached hydrogens (tertiary/aromatic N) is 1. The van der Waals surface area contributed by atoms with Gasteiger partial charge in [0.25, 0.3) is 0 Å². The molecule has 26 heavy (non-hydrogen) atoms. The van der Waals surface area contributed by atoms with Gasteiger partial charge in [-0.1, -0.05) is 38.0 Å². The quantitative estimate of drug-likeness (QED) is 0.209. The zero-order valence-corrected chi connectivity index (χ0v) is 15.8. The highest BCUT2D eigenvalue weighted by Gasteiger charge is 2.08. The summed E-state index contributed by atoms with van der Waals surface area (Å²) in [6.07, 6.45) is 6.90. The van der Waals surface area contributed by atoms with Gasteiger partial charge in [0.05, 0.1) is 18.7 Å². The SMILES string of the molecule is CCCCCC[N+](=CNc1ccc(C(=O)OCC)cc1)c1ccccc1. The van der Waals surface area contributed by atoms with Gasteiger partial charge in [-0.2, -0.15) is 0 Å². The lowest BCUT2D eigenvalue weighted by atomic mass is 10.2. The number of esters is 1. The summed E-state index contributed by atoms with van der Waals surface area (Å²) in [6.45, 7) is 5.39. The molecule has 0 radical (unpaired) electrons. The fourth-order valence-corrected chi connectivity index (χ4v) is 2.67. The van der Waals surface area contributed by atoms with Crippen molar-refractivity contribution in [3.05, 3.63) is 60.2 Å². The fraction of sp³-hybridized carbons (Fsp3) is 0.364. The molecule has 138 valence electrons. The van der Waals surface area contributed by atoms with Crippen molar-refractivity contribution in [1.82, 2.24) is 0 Å². The van der Waals surface area contributed by atoms with Crippen LogP contribution in [-0.2, 0) is 4.74 Å². The van der Waals surface area contributed by atoms with E-state index in [4.69, 9.17) is 4.74 Å². The Labute approximate surface area is 156 Å². The van der Waals surface area contributed by atoms with Gasteiger partial charge >= 0.3 is 5.97 Å². The zero-order chi connectivity index (χ0) is 18.6. The van der Waals surface area contributed by atoms with Gasteiger partial charge in [-0.15, -0.1) is 0 Å². The van der Waals surface area contributed by atoms with E-state index >= 15 is 0 Å². The minimum Gasteiger partial charge on any atom is -0.462 e. The number of anilines is 1. The van der Waals surface area contributed by atoms with E-state index in [0.717, 1.165) is 18.7 Å². The summed E-state index contributed by atoms with van der Waals surface area (Å²) in [5.41, 5.74) is 2.67. The maximum atomic E-state index is 11.7. The van der Waals surface area contributed by atoms with Gasteiger partial charge in [0, 0.05) is 0 Å². The van der Waals surface area contributed by atoms with Gasteiger partial charge in [0.1, 0.15) is 11.4 Å². The zero-order valence-electron chi connectivity index (χ0n) is 15.8. The molecular formula is C22H29N2O2+. The van der Waals surface area contributed by atoms with E-state index in [1.807, 2.05) is 31.5 Å². The molecule has 4 nitrogen and oxygen atoms in total. The maximum Gasteiger partial charge on any atom is 0.338 e. The molecule has 4 heteroatoms. The van der Waals surface area contributed by atoms with Crippen LogP contribution in [0.15, 0.2) is 54.6 Å². The second-order valence-electron chi connectivity index (χ2n) is 6.16. The maximum absolute atomic E-state index is 11.7. The Kier molecular flexibility index (Phi) is 8.40. The molecule has 0 aliphatic carbocycles. The monoisotopic (exact) mass is 353 g/mol. The van der Waals surface area contributed by atoms with Crippen LogP contribution in [0.5, 0.6) is 0 Å². The molecule has 1 N–H and O–H groups in total. The second kappa shape index (κ2) is 11.1. The Hall–Kier alpha value is -2.62. The molecule has 0 aliphatic rings.